The first-order valence-electron chi connectivity index (χ1n) is 9.26. The molecule has 0 saturated heterocycles. The molecule has 2 aliphatic rings. The fraction of sp³-hybridized carbons (Fsp3) is 0.833. The molecule has 0 atom stereocenters. The lowest BCUT2D eigenvalue weighted by molar-refractivity contribution is -0.134. The molecule has 2 nitrogen and oxygen atoms in total. The smallest absolute Gasteiger partial charge is 0.303 e. The minimum absolute atomic E-state index is 0.0343. The van der Waals surface area contributed by atoms with Crippen molar-refractivity contribution in [3.63, 3.8) is 0 Å². The molecule has 2 heterocycles. The van der Waals surface area contributed by atoms with Gasteiger partial charge in [0.25, 0.3) is 0 Å². The molecule has 0 radical (unpaired) electrons. The summed E-state index contributed by atoms with van der Waals surface area (Å²) in [6, 6.07) is 0. The zero-order valence-electron chi connectivity index (χ0n) is 14.2. The Labute approximate surface area is 146 Å². The highest BCUT2D eigenvalue weighted by atomic mass is 32.1. The third-order valence-corrected chi connectivity index (χ3v) is 6.56. The van der Waals surface area contributed by atoms with E-state index in [0.717, 1.165) is 37.5 Å². The van der Waals surface area contributed by atoms with E-state index in [2.05, 4.69) is 9.88 Å². The summed E-state index contributed by atoms with van der Waals surface area (Å²) in [6.45, 7) is 3.20. The normalized spacial score (nSPS) is 20.8. The molecular weight excluding hydrogens is 333 g/mol. The molecule has 0 unspecified atom stereocenters. The van der Waals surface area contributed by atoms with Crippen LogP contribution in [0.2, 0.25) is 0 Å². The summed E-state index contributed by atoms with van der Waals surface area (Å²) < 4.78 is 37.0. The average Bonchev–Trinajstić information content (AvgIpc) is 2.85. The highest BCUT2D eigenvalue weighted by molar-refractivity contribution is 7.11. The van der Waals surface area contributed by atoms with Gasteiger partial charge in [0.1, 0.15) is 0 Å². The third kappa shape index (κ3) is 5.45. The molecule has 3 rings (SSSR count). The number of hydrogen-bond donors (Lipinski definition) is 0. The summed E-state index contributed by atoms with van der Waals surface area (Å²) in [5.41, 5.74) is 1.05. The predicted octanol–water partition coefficient (Wildman–Crippen LogP) is 5.01. The molecule has 1 saturated carbocycles. The minimum atomic E-state index is -4.08. The maximum atomic E-state index is 12.3. The fourth-order valence-corrected chi connectivity index (χ4v) is 4.99. The SMILES string of the molecule is FC(F)(F)CCc1nc2c(s1)CCN(CCC1CCCCC1)CC2. The van der Waals surface area contributed by atoms with E-state index in [-0.39, 0.29) is 6.42 Å². The molecule has 0 N–H and O–H groups in total. The Morgan fingerprint density at radius 3 is 2.58 bits per heavy atom. The quantitative estimate of drug-likeness (QED) is 0.734. The predicted molar refractivity (Wildman–Crippen MR) is 91.5 cm³/mol. The van der Waals surface area contributed by atoms with Crippen LogP contribution in [-0.4, -0.2) is 35.7 Å². The van der Waals surface area contributed by atoms with Crippen LogP contribution >= 0.6 is 11.3 Å². The maximum absolute atomic E-state index is 12.3. The molecule has 0 amide bonds. The molecule has 136 valence electrons. The molecule has 0 aromatic carbocycles. The molecule has 24 heavy (non-hydrogen) atoms. The van der Waals surface area contributed by atoms with Crippen molar-refractivity contribution in [2.75, 3.05) is 19.6 Å². The van der Waals surface area contributed by atoms with Crippen LogP contribution in [0.25, 0.3) is 0 Å². The Kier molecular flexibility index (Phi) is 6.19. The maximum Gasteiger partial charge on any atom is 0.389 e. The Morgan fingerprint density at radius 1 is 1.08 bits per heavy atom. The zero-order valence-corrected chi connectivity index (χ0v) is 15.0. The Bertz CT molecular complexity index is 495. The van der Waals surface area contributed by atoms with Gasteiger partial charge in [0.15, 0.2) is 0 Å². The van der Waals surface area contributed by atoms with Crippen molar-refractivity contribution in [3.8, 4) is 0 Å². The van der Waals surface area contributed by atoms with Crippen LogP contribution in [0.3, 0.4) is 0 Å². The first-order chi connectivity index (χ1) is 11.5. The van der Waals surface area contributed by atoms with Gasteiger partial charge in [-0.25, -0.2) is 4.98 Å². The first kappa shape index (κ1) is 18.2. The number of thiazole rings is 1. The standard InChI is InChI=1S/C18H27F3N2S/c19-18(20,21)10-6-17-22-15-8-12-23(13-9-16(15)24-17)11-7-14-4-2-1-3-5-14/h14H,1-13H2. The number of hydrogen-bond acceptors (Lipinski definition) is 3. The van der Waals surface area contributed by atoms with Crippen LogP contribution in [-0.2, 0) is 19.3 Å². The van der Waals surface area contributed by atoms with Gasteiger partial charge >= 0.3 is 6.18 Å². The molecule has 0 spiro atoms. The topological polar surface area (TPSA) is 16.1 Å². The van der Waals surface area contributed by atoms with E-state index in [0.29, 0.717) is 5.01 Å². The molecule has 1 fully saturated rings. The van der Waals surface area contributed by atoms with Gasteiger partial charge in [-0.1, -0.05) is 32.1 Å². The van der Waals surface area contributed by atoms with Crippen molar-refractivity contribution in [1.29, 1.82) is 0 Å². The monoisotopic (exact) mass is 360 g/mol. The van der Waals surface area contributed by atoms with Crippen LogP contribution in [0.4, 0.5) is 13.2 Å². The average molecular weight is 360 g/mol. The van der Waals surface area contributed by atoms with Gasteiger partial charge in [-0.15, -0.1) is 11.3 Å². The Balaban J connectivity index is 1.46. The lowest BCUT2D eigenvalue weighted by Gasteiger charge is -2.26. The number of halogens is 3. The van der Waals surface area contributed by atoms with E-state index in [9.17, 15) is 13.2 Å². The van der Waals surface area contributed by atoms with Crippen LogP contribution in [0.1, 0.15) is 60.5 Å². The van der Waals surface area contributed by atoms with E-state index in [4.69, 9.17) is 0 Å². The molecule has 1 aliphatic heterocycles. The van der Waals surface area contributed by atoms with E-state index in [1.165, 1.54) is 61.3 Å². The highest BCUT2D eigenvalue weighted by Gasteiger charge is 2.28. The largest absolute Gasteiger partial charge is 0.389 e. The number of aryl methyl sites for hydroxylation is 1. The summed E-state index contributed by atoms with van der Waals surface area (Å²) in [5, 5.41) is 0.660. The van der Waals surface area contributed by atoms with Crippen molar-refractivity contribution >= 4 is 11.3 Å². The summed E-state index contributed by atoms with van der Waals surface area (Å²) in [5.74, 6) is 0.906. The van der Waals surface area contributed by atoms with Crippen LogP contribution in [0.15, 0.2) is 0 Å². The summed E-state index contributed by atoms with van der Waals surface area (Å²) in [7, 11) is 0. The van der Waals surface area contributed by atoms with Gasteiger partial charge < -0.3 is 4.90 Å². The third-order valence-electron chi connectivity index (χ3n) is 5.34. The van der Waals surface area contributed by atoms with E-state index in [1.807, 2.05) is 0 Å². The molecular formula is C18H27F3N2S. The van der Waals surface area contributed by atoms with E-state index >= 15 is 0 Å². The number of fused-ring (bicyclic) bond motifs is 1. The summed E-state index contributed by atoms with van der Waals surface area (Å²) >= 11 is 1.50. The van der Waals surface area contributed by atoms with Gasteiger partial charge in [0, 0.05) is 37.2 Å². The highest BCUT2D eigenvalue weighted by Crippen LogP contribution is 2.29. The van der Waals surface area contributed by atoms with Gasteiger partial charge in [-0.05, 0) is 25.3 Å². The van der Waals surface area contributed by atoms with Crippen molar-refractivity contribution in [3.05, 3.63) is 15.6 Å². The number of alkyl halides is 3. The van der Waals surface area contributed by atoms with Crippen LogP contribution in [0, 0.1) is 5.92 Å². The lowest BCUT2D eigenvalue weighted by atomic mass is 9.87. The fourth-order valence-electron chi connectivity index (χ4n) is 3.88. The zero-order chi connectivity index (χ0) is 17.0. The minimum Gasteiger partial charge on any atom is -0.303 e. The number of nitrogens with zero attached hydrogens (tertiary/aromatic N) is 2. The van der Waals surface area contributed by atoms with Crippen molar-refractivity contribution in [1.82, 2.24) is 9.88 Å². The Morgan fingerprint density at radius 2 is 1.83 bits per heavy atom. The van der Waals surface area contributed by atoms with E-state index < -0.39 is 12.6 Å². The van der Waals surface area contributed by atoms with Gasteiger partial charge in [-0.3, -0.25) is 0 Å². The molecule has 1 aromatic heterocycles. The van der Waals surface area contributed by atoms with Crippen LogP contribution in [0.5, 0.6) is 0 Å². The van der Waals surface area contributed by atoms with Crippen LogP contribution < -0.4 is 0 Å². The van der Waals surface area contributed by atoms with Crippen molar-refractivity contribution in [2.24, 2.45) is 5.92 Å². The molecule has 6 heteroatoms. The lowest BCUT2D eigenvalue weighted by Crippen LogP contribution is -2.29. The van der Waals surface area contributed by atoms with Crippen molar-refractivity contribution in [2.45, 2.75) is 70.4 Å². The first-order valence-corrected chi connectivity index (χ1v) is 10.1. The van der Waals surface area contributed by atoms with Gasteiger partial charge in [-0.2, -0.15) is 13.2 Å². The molecule has 1 aliphatic carbocycles. The molecule has 1 aromatic rings. The summed E-state index contributed by atoms with van der Waals surface area (Å²) in [4.78, 5) is 8.23. The summed E-state index contributed by atoms with van der Waals surface area (Å²) in [6.07, 6.45) is 5.32. The van der Waals surface area contributed by atoms with Gasteiger partial charge in [0.05, 0.1) is 10.7 Å². The second kappa shape index (κ2) is 8.17. The van der Waals surface area contributed by atoms with E-state index in [1.54, 1.807) is 0 Å². The second-order valence-corrected chi connectivity index (χ2v) is 8.40. The number of rotatable bonds is 5. The number of aromatic nitrogens is 1. The second-order valence-electron chi connectivity index (χ2n) is 7.23. The molecule has 0 bridgehead atoms. The van der Waals surface area contributed by atoms with Crippen molar-refractivity contribution < 1.29 is 13.2 Å². The van der Waals surface area contributed by atoms with Gasteiger partial charge in [0.2, 0.25) is 0 Å². The Hall–Kier alpha value is -0.620.